The third-order valence-corrected chi connectivity index (χ3v) is 6.23. The molecule has 21 heavy (non-hydrogen) atoms. The summed E-state index contributed by atoms with van der Waals surface area (Å²) in [5.74, 6) is 0. The molecule has 10 heteroatoms. The van der Waals surface area contributed by atoms with Gasteiger partial charge in [0.15, 0.2) is 4.34 Å². The van der Waals surface area contributed by atoms with Gasteiger partial charge in [0, 0.05) is 32.1 Å². The maximum Gasteiger partial charge on any atom is 0.300 e. The number of sulfonamides is 1. The topological polar surface area (TPSA) is 93.4 Å². The van der Waals surface area contributed by atoms with Gasteiger partial charge in [0.1, 0.15) is 4.21 Å². The molecule has 0 fully saturated rings. The Morgan fingerprint density at radius 1 is 1.52 bits per heavy atom. The average molecular weight is 348 g/mol. The van der Waals surface area contributed by atoms with E-state index in [0.717, 1.165) is 10.4 Å². The maximum atomic E-state index is 12.4. The molecular formula is C11H10ClN3O4S2. The minimum Gasteiger partial charge on any atom is -0.264 e. The lowest BCUT2D eigenvalue weighted by Crippen LogP contribution is -2.25. The molecule has 7 nitrogen and oxygen atoms in total. The van der Waals surface area contributed by atoms with E-state index in [0.29, 0.717) is 16.9 Å². The molecule has 0 amide bonds. The molecule has 112 valence electrons. The highest BCUT2D eigenvalue weighted by Gasteiger charge is 2.28. The smallest absolute Gasteiger partial charge is 0.264 e. The van der Waals surface area contributed by atoms with Crippen molar-refractivity contribution in [3.8, 4) is 0 Å². The Hall–Kier alpha value is -1.55. The normalized spacial score (nSPS) is 11.8. The quantitative estimate of drug-likeness (QED) is 0.612. The van der Waals surface area contributed by atoms with Crippen LogP contribution in [0, 0.1) is 10.1 Å². The Kier molecular flexibility index (Phi) is 4.57. The van der Waals surface area contributed by atoms with Crippen LogP contribution in [0.3, 0.4) is 0 Å². The number of nitrogens with zero attached hydrogens (tertiary/aromatic N) is 3. The molecule has 0 radical (unpaired) electrons. The third kappa shape index (κ3) is 3.38. The number of aromatic nitrogens is 1. The first-order valence-electron chi connectivity index (χ1n) is 5.61. The maximum absolute atomic E-state index is 12.4. The summed E-state index contributed by atoms with van der Waals surface area (Å²) >= 11 is 6.36. The molecule has 2 aromatic heterocycles. The minimum absolute atomic E-state index is 0.111. The molecule has 0 aliphatic carbocycles. The molecule has 0 atom stereocenters. The Morgan fingerprint density at radius 3 is 2.76 bits per heavy atom. The van der Waals surface area contributed by atoms with Gasteiger partial charge in [0.2, 0.25) is 0 Å². The van der Waals surface area contributed by atoms with E-state index in [1.54, 1.807) is 24.5 Å². The van der Waals surface area contributed by atoms with Crippen LogP contribution < -0.4 is 0 Å². The number of rotatable bonds is 5. The molecule has 0 saturated heterocycles. The predicted molar refractivity (Wildman–Crippen MR) is 78.9 cm³/mol. The molecule has 0 saturated carbocycles. The molecule has 0 spiro atoms. The van der Waals surface area contributed by atoms with E-state index in [9.17, 15) is 18.5 Å². The van der Waals surface area contributed by atoms with Crippen LogP contribution >= 0.6 is 22.9 Å². The largest absolute Gasteiger partial charge is 0.300 e. The van der Waals surface area contributed by atoms with E-state index < -0.39 is 20.6 Å². The summed E-state index contributed by atoms with van der Waals surface area (Å²) in [5, 5.41) is 10.7. The molecule has 0 aliphatic heterocycles. The number of pyridine rings is 1. The summed E-state index contributed by atoms with van der Waals surface area (Å²) in [7, 11) is -2.45. The fraction of sp³-hybridized carbons (Fsp3) is 0.182. The highest BCUT2D eigenvalue weighted by Crippen LogP contribution is 2.37. The van der Waals surface area contributed by atoms with Gasteiger partial charge in [-0.15, -0.1) is 11.3 Å². The van der Waals surface area contributed by atoms with Crippen molar-refractivity contribution in [2.45, 2.75) is 10.8 Å². The number of nitro groups is 1. The first-order chi connectivity index (χ1) is 9.82. The zero-order chi connectivity index (χ0) is 15.6. The van der Waals surface area contributed by atoms with Crippen LogP contribution in [-0.4, -0.2) is 29.7 Å². The van der Waals surface area contributed by atoms with Crippen molar-refractivity contribution >= 4 is 38.6 Å². The second-order valence-corrected chi connectivity index (χ2v) is 8.03. The number of hydrogen-bond acceptors (Lipinski definition) is 6. The molecule has 0 aliphatic rings. The molecule has 2 heterocycles. The van der Waals surface area contributed by atoms with E-state index >= 15 is 0 Å². The molecule has 0 aromatic carbocycles. The highest BCUT2D eigenvalue weighted by atomic mass is 35.5. The third-order valence-electron chi connectivity index (χ3n) is 2.64. The Bertz CT molecular complexity index is 761. The first-order valence-corrected chi connectivity index (χ1v) is 8.25. The standard InChI is InChI=1S/C11H10ClN3O4S2/c1-14(7-8-3-2-4-13-6-8)21(18,19)10-5-9(15(16)17)11(12)20-10/h2-6H,7H2,1H3. The van der Waals surface area contributed by atoms with Gasteiger partial charge in [-0.3, -0.25) is 15.1 Å². The van der Waals surface area contributed by atoms with E-state index in [1.807, 2.05) is 0 Å². The molecular weight excluding hydrogens is 338 g/mol. The Labute approximate surface area is 130 Å². The van der Waals surface area contributed by atoms with Crippen molar-refractivity contribution in [3.63, 3.8) is 0 Å². The summed E-state index contributed by atoms with van der Waals surface area (Å²) in [4.78, 5) is 13.9. The zero-order valence-electron chi connectivity index (χ0n) is 10.8. The zero-order valence-corrected chi connectivity index (χ0v) is 13.2. The molecule has 0 bridgehead atoms. The van der Waals surface area contributed by atoms with Crippen molar-refractivity contribution in [2.24, 2.45) is 0 Å². The summed E-state index contributed by atoms with van der Waals surface area (Å²) < 4.78 is 25.5. The van der Waals surface area contributed by atoms with Gasteiger partial charge in [-0.25, -0.2) is 8.42 Å². The van der Waals surface area contributed by atoms with Gasteiger partial charge < -0.3 is 0 Å². The lowest BCUT2D eigenvalue weighted by atomic mass is 10.3. The highest BCUT2D eigenvalue weighted by molar-refractivity contribution is 7.91. The SMILES string of the molecule is CN(Cc1cccnc1)S(=O)(=O)c1cc([N+](=O)[O-])c(Cl)s1. The van der Waals surface area contributed by atoms with Crippen molar-refractivity contribution in [1.82, 2.24) is 9.29 Å². The van der Waals surface area contributed by atoms with E-state index in [1.165, 1.54) is 7.05 Å². The van der Waals surface area contributed by atoms with E-state index in [-0.39, 0.29) is 15.1 Å². The van der Waals surface area contributed by atoms with Crippen molar-refractivity contribution in [3.05, 3.63) is 50.6 Å². The lowest BCUT2D eigenvalue weighted by molar-refractivity contribution is -0.384. The van der Waals surface area contributed by atoms with Crippen LogP contribution in [0.15, 0.2) is 34.8 Å². The van der Waals surface area contributed by atoms with E-state index in [4.69, 9.17) is 11.6 Å². The van der Waals surface area contributed by atoms with Gasteiger partial charge in [-0.2, -0.15) is 4.31 Å². The lowest BCUT2D eigenvalue weighted by Gasteiger charge is -2.15. The molecule has 0 unspecified atom stereocenters. The number of thiophene rings is 1. The monoisotopic (exact) mass is 347 g/mol. The van der Waals surface area contributed by atoms with Crippen molar-refractivity contribution in [2.75, 3.05) is 7.05 Å². The summed E-state index contributed by atoms with van der Waals surface area (Å²) in [6.45, 7) is 0.111. The van der Waals surface area contributed by atoms with Crippen LogP contribution in [-0.2, 0) is 16.6 Å². The summed E-state index contributed by atoms with van der Waals surface area (Å²) in [6, 6.07) is 4.41. The van der Waals surface area contributed by atoms with Gasteiger partial charge in [0.25, 0.3) is 15.7 Å². The minimum atomic E-state index is -3.84. The van der Waals surface area contributed by atoms with Gasteiger partial charge in [-0.1, -0.05) is 17.7 Å². The van der Waals surface area contributed by atoms with Gasteiger partial charge in [0.05, 0.1) is 4.92 Å². The van der Waals surface area contributed by atoms with Crippen molar-refractivity contribution < 1.29 is 13.3 Å². The Morgan fingerprint density at radius 2 is 2.24 bits per heavy atom. The van der Waals surface area contributed by atoms with Crippen LogP contribution in [0.2, 0.25) is 4.34 Å². The Balaban J connectivity index is 2.29. The summed E-state index contributed by atoms with van der Waals surface area (Å²) in [6.07, 6.45) is 3.14. The van der Waals surface area contributed by atoms with Crippen LogP contribution in [0.5, 0.6) is 0 Å². The second-order valence-electron chi connectivity index (χ2n) is 4.10. The van der Waals surface area contributed by atoms with Crippen LogP contribution in [0.4, 0.5) is 5.69 Å². The number of hydrogen-bond donors (Lipinski definition) is 0. The summed E-state index contributed by atoms with van der Waals surface area (Å²) in [5.41, 5.74) is 0.302. The molecule has 0 N–H and O–H groups in total. The predicted octanol–water partition coefficient (Wildman–Crippen LogP) is 2.53. The average Bonchev–Trinajstić information content (AvgIpc) is 2.82. The van der Waals surface area contributed by atoms with Crippen molar-refractivity contribution in [1.29, 1.82) is 0 Å². The number of halogens is 1. The fourth-order valence-electron chi connectivity index (χ4n) is 1.58. The van der Waals surface area contributed by atoms with Crippen LogP contribution in [0.25, 0.3) is 0 Å². The molecule has 2 aromatic rings. The fourth-order valence-corrected chi connectivity index (χ4v) is 4.61. The van der Waals surface area contributed by atoms with Gasteiger partial charge in [-0.05, 0) is 11.6 Å². The second kappa shape index (κ2) is 6.06. The van der Waals surface area contributed by atoms with E-state index in [2.05, 4.69) is 4.98 Å². The first kappa shape index (κ1) is 15.8. The van der Waals surface area contributed by atoms with Crippen LogP contribution in [0.1, 0.15) is 5.56 Å². The van der Waals surface area contributed by atoms with Gasteiger partial charge >= 0.3 is 0 Å². The molecule has 2 rings (SSSR count).